The van der Waals surface area contributed by atoms with Crippen molar-refractivity contribution in [2.75, 3.05) is 39.3 Å². The molecule has 0 atom stereocenters. The van der Waals surface area contributed by atoms with Crippen LogP contribution in [-0.2, 0) is 0 Å². The van der Waals surface area contributed by atoms with E-state index in [1.54, 1.807) is 6.20 Å². The highest BCUT2D eigenvalue weighted by atomic mass is 16.1. The van der Waals surface area contributed by atoms with Gasteiger partial charge in [-0.15, -0.1) is 0 Å². The van der Waals surface area contributed by atoms with Gasteiger partial charge in [-0.05, 0) is 26.0 Å². The van der Waals surface area contributed by atoms with E-state index < -0.39 is 0 Å². The number of aromatic nitrogens is 1. The van der Waals surface area contributed by atoms with Gasteiger partial charge < -0.3 is 20.5 Å². The second-order valence-electron chi connectivity index (χ2n) is 4.72. The van der Waals surface area contributed by atoms with Crippen molar-refractivity contribution in [2.45, 2.75) is 13.3 Å². The Balaban J connectivity index is 1.63. The van der Waals surface area contributed by atoms with Crippen LogP contribution in [0, 0.1) is 6.92 Å². The molecule has 0 saturated carbocycles. The number of nitrogens with one attached hydrogen (secondary N) is 3. The lowest BCUT2D eigenvalue weighted by Crippen LogP contribution is -2.44. The third-order valence-corrected chi connectivity index (χ3v) is 3.34. The number of rotatable bonds is 5. The number of amides is 1. The molecular formula is C13H22N4O. The lowest BCUT2D eigenvalue weighted by molar-refractivity contribution is 0.0951. The molecule has 1 aliphatic rings. The van der Waals surface area contributed by atoms with Crippen molar-refractivity contribution in [3.63, 3.8) is 0 Å². The first-order valence-electron chi connectivity index (χ1n) is 6.62. The standard InChI is InChI=1S/C13H22N4O/c1-11-12(3-5-15-11)13(18)16-4-2-8-17-9-6-14-7-10-17/h3,5,14-15H,2,4,6-10H2,1H3,(H,16,18). The van der Waals surface area contributed by atoms with Crippen LogP contribution in [0.3, 0.4) is 0 Å². The van der Waals surface area contributed by atoms with E-state index in [0.717, 1.165) is 56.9 Å². The molecule has 18 heavy (non-hydrogen) atoms. The molecule has 1 aromatic rings. The highest BCUT2D eigenvalue weighted by Crippen LogP contribution is 2.04. The van der Waals surface area contributed by atoms with Crippen LogP contribution in [0.1, 0.15) is 22.5 Å². The van der Waals surface area contributed by atoms with Gasteiger partial charge in [-0.1, -0.05) is 0 Å². The minimum atomic E-state index is 0.0223. The number of hydrogen-bond donors (Lipinski definition) is 3. The second-order valence-corrected chi connectivity index (χ2v) is 4.72. The van der Waals surface area contributed by atoms with Crippen molar-refractivity contribution in [3.05, 3.63) is 23.5 Å². The summed E-state index contributed by atoms with van der Waals surface area (Å²) in [5, 5.41) is 6.30. The van der Waals surface area contributed by atoms with Crippen molar-refractivity contribution in [3.8, 4) is 0 Å². The molecule has 3 N–H and O–H groups in total. The van der Waals surface area contributed by atoms with Gasteiger partial charge in [0.05, 0.1) is 5.56 Å². The molecule has 0 aromatic carbocycles. The molecule has 0 bridgehead atoms. The van der Waals surface area contributed by atoms with Gasteiger partial charge in [0.2, 0.25) is 0 Å². The Hall–Kier alpha value is -1.33. The first-order valence-corrected chi connectivity index (χ1v) is 6.62. The fourth-order valence-corrected chi connectivity index (χ4v) is 2.23. The van der Waals surface area contributed by atoms with Gasteiger partial charge in [-0.2, -0.15) is 0 Å². The number of aryl methyl sites for hydroxylation is 1. The van der Waals surface area contributed by atoms with E-state index in [9.17, 15) is 4.79 Å². The van der Waals surface area contributed by atoms with Crippen LogP contribution >= 0.6 is 0 Å². The molecule has 2 heterocycles. The van der Waals surface area contributed by atoms with E-state index in [4.69, 9.17) is 0 Å². The van der Waals surface area contributed by atoms with Crippen LogP contribution in [0.2, 0.25) is 0 Å². The molecule has 0 spiro atoms. The third-order valence-electron chi connectivity index (χ3n) is 3.34. The highest BCUT2D eigenvalue weighted by Gasteiger charge is 2.10. The third kappa shape index (κ3) is 3.58. The number of aromatic amines is 1. The van der Waals surface area contributed by atoms with Crippen LogP contribution in [0.5, 0.6) is 0 Å². The molecular weight excluding hydrogens is 228 g/mol. The first kappa shape index (κ1) is 13.1. The monoisotopic (exact) mass is 250 g/mol. The Kier molecular flexibility index (Phi) is 4.78. The van der Waals surface area contributed by atoms with E-state index in [2.05, 4.69) is 20.5 Å². The van der Waals surface area contributed by atoms with Crippen molar-refractivity contribution < 1.29 is 4.79 Å². The molecule has 1 fully saturated rings. The van der Waals surface area contributed by atoms with Crippen LogP contribution in [0.25, 0.3) is 0 Å². The maximum Gasteiger partial charge on any atom is 0.253 e. The van der Waals surface area contributed by atoms with Crippen molar-refractivity contribution in [1.82, 2.24) is 20.5 Å². The summed E-state index contributed by atoms with van der Waals surface area (Å²) in [5.74, 6) is 0.0223. The molecule has 0 unspecified atom stereocenters. The molecule has 0 aliphatic carbocycles. The predicted molar refractivity (Wildman–Crippen MR) is 71.8 cm³/mol. The van der Waals surface area contributed by atoms with E-state index in [0.29, 0.717) is 0 Å². The average Bonchev–Trinajstić information content (AvgIpc) is 2.82. The Morgan fingerprint density at radius 3 is 2.89 bits per heavy atom. The van der Waals surface area contributed by atoms with Gasteiger partial charge in [0, 0.05) is 44.6 Å². The molecule has 2 rings (SSSR count). The van der Waals surface area contributed by atoms with E-state index in [-0.39, 0.29) is 5.91 Å². The van der Waals surface area contributed by atoms with Gasteiger partial charge in [0.15, 0.2) is 0 Å². The van der Waals surface area contributed by atoms with E-state index in [1.165, 1.54) is 0 Å². The summed E-state index contributed by atoms with van der Waals surface area (Å²) >= 11 is 0. The van der Waals surface area contributed by atoms with Crippen molar-refractivity contribution in [1.29, 1.82) is 0 Å². The summed E-state index contributed by atoms with van der Waals surface area (Å²) in [5.41, 5.74) is 1.67. The van der Waals surface area contributed by atoms with E-state index >= 15 is 0 Å². The smallest absolute Gasteiger partial charge is 0.253 e. The largest absolute Gasteiger partial charge is 0.365 e. The fourth-order valence-electron chi connectivity index (χ4n) is 2.23. The van der Waals surface area contributed by atoms with Gasteiger partial charge in [0.25, 0.3) is 5.91 Å². The lowest BCUT2D eigenvalue weighted by Gasteiger charge is -2.27. The van der Waals surface area contributed by atoms with Crippen LogP contribution in [0.15, 0.2) is 12.3 Å². The summed E-state index contributed by atoms with van der Waals surface area (Å²) in [6.45, 7) is 8.11. The summed E-state index contributed by atoms with van der Waals surface area (Å²) in [7, 11) is 0. The SMILES string of the molecule is Cc1[nH]ccc1C(=O)NCCCN1CCNCC1. The summed E-state index contributed by atoms with van der Waals surface area (Å²) in [4.78, 5) is 17.3. The number of carbonyl (C=O) groups is 1. The van der Waals surface area contributed by atoms with Gasteiger partial charge in [-0.3, -0.25) is 4.79 Å². The quantitative estimate of drug-likeness (QED) is 0.661. The number of nitrogens with zero attached hydrogens (tertiary/aromatic N) is 1. The molecule has 1 saturated heterocycles. The van der Waals surface area contributed by atoms with Crippen LogP contribution in [0.4, 0.5) is 0 Å². The Morgan fingerprint density at radius 1 is 1.44 bits per heavy atom. The average molecular weight is 250 g/mol. The molecule has 100 valence electrons. The summed E-state index contributed by atoms with van der Waals surface area (Å²) in [6, 6.07) is 1.82. The first-order chi connectivity index (χ1) is 8.77. The Labute approximate surface area is 108 Å². The number of carbonyl (C=O) groups excluding carboxylic acids is 1. The van der Waals surface area contributed by atoms with Gasteiger partial charge in [-0.25, -0.2) is 0 Å². The minimum absolute atomic E-state index is 0.0223. The van der Waals surface area contributed by atoms with Crippen molar-refractivity contribution >= 4 is 5.91 Å². The molecule has 5 heteroatoms. The molecule has 1 amide bonds. The van der Waals surface area contributed by atoms with Gasteiger partial charge in [0.1, 0.15) is 0 Å². The van der Waals surface area contributed by atoms with E-state index in [1.807, 2.05) is 13.0 Å². The molecule has 5 nitrogen and oxygen atoms in total. The normalized spacial score (nSPS) is 16.7. The molecule has 1 aliphatic heterocycles. The minimum Gasteiger partial charge on any atom is -0.365 e. The second kappa shape index (κ2) is 6.56. The zero-order chi connectivity index (χ0) is 12.8. The maximum atomic E-state index is 11.8. The van der Waals surface area contributed by atoms with Gasteiger partial charge >= 0.3 is 0 Å². The fraction of sp³-hybridized carbons (Fsp3) is 0.615. The Bertz CT molecular complexity index is 382. The summed E-state index contributed by atoms with van der Waals surface area (Å²) < 4.78 is 0. The maximum absolute atomic E-state index is 11.8. The predicted octanol–water partition coefficient (Wildman–Crippen LogP) is 0.348. The Morgan fingerprint density at radius 2 is 2.22 bits per heavy atom. The number of H-pyrrole nitrogens is 1. The molecule has 0 radical (unpaired) electrons. The van der Waals surface area contributed by atoms with Crippen LogP contribution in [-0.4, -0.2) is 55.1 Å². The highest BCUT2D eigenvalue weighted by molar-refractivity contribution is 5.95. The zero-order valence-corrected chi connectivity index (χ0v) is 11.0. The zero-order valence-electron chi connectivity index (χ0n) is 11.0. The van der Waals surface area contributed by atoms with Crippen molar-refractivity contribution in [2.24, 2.45) is 0 Å². The lowest BCUT2D eigenvalue weighted by atomic mass is 10.2. The topological polar surface area (TPSA) is 60.2 Å². The summed E-state index contributed by atoms with van der Waals surface area (Å²) in [6.07, 6.45) is 2.81. The number of hydrogen-bond acceptors (Lipinski definition) is 3. The van der Waals surface area contributed by atoms with Crippen LogP contribution < -0.4 is 10.6 Å². The number of piperazine rings is 1. The molecule has 1 aromatic heterocycles.